The molecule has 22 heavy (non-hydrogen) atoms. The number of ether oxygens (including phenoxy) is 1. The number of benzene rings is 1. The van der Waals surface area contributed by atoms with Gasteiger partial charge in [-0.2, -0.15) is 0 Å². The molecule has 0 spiro atoms. The maximum absolute atomic E-state index is 5.41. The van der Waals surface area contributed by atoms with Gasteiger partial charge in [-0.3, -0.25) is 0 Å². The fraction of sp³-hybridized carbons (Fsp3) is 0.625. The molecule has 1 nitrogen and oxygen atoms in total. The molecule has 1 aromatic carbocycles. The molecular weight excluding hydrogens is 349 g/mol. The van der Waals surface area contributed by atoms with Crippen molar-refractivity contribution in [3.63, 3.8) is 0 Å². The minimum absolute atomic E-state index is 1.01. The average molecular weight is 383 g/mol. The summed E-state index contributed by atoms with van der Waals surface area (Å²) < 4.78 is 5.41. The standard InChI is InChI=1S/C16H34OSi5/c1-17-15-11-13-16(14-12-15)22(10)20(6,7)18(2,3)19(4,5)21(22,8)9/h11-14H,1-10H3. The molecule has 1 aromatic rings. The molecule has 0 aromatic heterocycles. The number of hydrogen-bond donors (Lipinski definition) is 0. The summed E-state index contributed by atoms with van der Waals surface area (Å²) >= 11 is 0. The van der Waals surface area contributed by atoms with Crippen molar-refractivity contribution in [2.75, 3.05) is 7.11 Å². The highest BCUT2D eigenvalue weighted by Gasteiger charge is 2.77. The molecule has 0 N–H and O–H groups in total. The van der Waals surface area contributed by atoms with Crippen LogP contribution in [0.5, 0.6) is 5.75 Å². The molecule has 0 bridgehead atoms. The molecule has 0 amide bonds. The second-order valence-corrected chi connectivity index (χ2v) is 68.7. The predicted octanol–water partition coefficient (Wildman–Crippen LogP) is 4.22. The molecule has 124 valence electrons. The van der Waals surface area contributed by atoms with Gasteiger partial charge in [-0.1, -0.05) is 76.2 Å². The molecule has 0 unspecified atom stereocenters. The third-order valence-electron chi connectivity index (χ3n) is 8.85. The predicted molar refractivity (Wildman–Crippen MR) is 114 cm³/mol. The molecular formula is C16H34OSi5. The Morgan fingerprint density at radius 1 is 0.591 bits per heavy atom. The Kier molecular flexibility index (Phi) is 4.23. The van der Waals surface area contributed by atoms with E-state index in [1.807, 2.05) is 0 Å². The molecule has 0 radical (unpaired) electrons. The Bertz CT molecular complexity index is 549. The van der Waals surface area contributed by atoms with Gasteiger partial charge in [-0.25, -0.2) is 0 Å². The van der Waals surface area contributed by atoms with Gasteiger partial charge in [0.25, 0.3) is 0 Å². The van der Waals surface area contributed by atoms with E-state index in [9.17, 15) is 0 Å². The lowest BCUT2D eigenvalue weighted by Gasteiger charge is -2.47. The van der Waals surface area contributed by atoms with Crippen molar-refractivity contribution in [2.45, 2.75) is 58.9 Å². The van der Waals surface area contributed by atoms with Crippen LogP contribution in [0.15, 0.2) is 24.3 Å². The molecule has 6 heteroatoms. The largest absolute Gasteiger partial charge is 0.497 e. The van der Waals surface area contributed by atoms with Gasteiger partial charge in [-0.05, 0) is 12.1 Å². The molecule has 0 aliphatic carbocycles. The van der Waals surface area contributed by atoms with Crippen LogP contribution in [-0.4, -0.2) is 42.7 Å². The smallest absolute Gasteiger partial charge is 0.118 e. The van der Waals surface area contributed by atoms with Gasteiger partial charge in [-0.15, -0.1) is 0 Å². The minimum atomic E-state index is -1.38. The highest BCUT2D eigenvalue weighted by Crippen LogP contribution is 2.51. The van der Waals surface area contributed by atoms with Crippen LogP contribution in [0.1, 0.15) is 0 Å². The van der Waals surface area contributed by atoms with Gasteiger partial charge in [0.1, 0.15) is 5.75 Å². The average Bonchev–Trinajstić information content (AvgIpc) is 2.49. The highest BCUT2D eigenvalue weighted by atomic mass is 30.2. The van der Waals surface area contributed by atoms with Crippen LogP contribution in [-0.2, 0) is 0 Å². The van der Waals surface area contributed by atoms with Crippen molar-refractivity contribution in [2.24, 2.45) is 0 Å². The number of methoxy groups -OCH3 is 1. The summed E-state index contributed by atoms with van der Waals surface area (Å²) in [4.78, 5) is 0. The Morgan fingerprint density at radius 2 is 0.955 bits per heavy atom. The van der Waals surface area contributed by atoms with Crippen LogP contribution >= 0.6 is 0 Å². The monoisotopic (exact) mass is 382 g/mol. The van der Waals surface area contributed by atoms with E-state index in [-0.39, 0.29) is 0 Å². The van der Waals surface area contributed by atoms with E-state index in [1.165, 1.54) is 0 Å². The van der Waals surface area contributed by atoms with Crippen molar-refractivity contribution in [3.8, 4) is 5.75 Å². The first-order valence-corrected chi connectivity index (χ1v) is 27.9. The molecule has 1 fully saturated rings. The number of rotatable bonds is 2. The summed E-state index contributed by atoms with van der Waals surface area (Å²) in [5.74, 6) is 1.01. The third kappa shape index (κ3) is 1.84. The van der Waals surface area contributed by atoms with Crippen molar-refractivity contribution < 1.29 is 4.74 Å². The van der Waals surface area contributed by atoms with Crippen molar-refractivity contribution in [1.82, 2.24) is 0 Å². The van der Waals surface area contributed by atoms with Gasteiger partial charge >= 0.3 is 0 Å². The van der Waals surface area contributed by atoms with E-state index in [1.54, 1.807) is 12.3 Å². The van der Waals surface area contributed by atoms with E-state index in [0.29, 0.717) is 0 Å². The molecule has 1 aliphatic rings. The zero-order valence-electron chi connectivity index (χ0n) is 16.2. The van der Waals surface area contributed by atoms with Crippen molar-refractivity contribution in [1.29, 1.82) is 0 Å². The van der Waals surface area contributed by atoms with Gasteiger partial charge in [0.2, 0.25) is 0 Å². The summed E-state index contributed by atoms with van der Waals surface area (Å²) in [6.07, 6.45) is 0. The molecule has 2 rings (SSSR count). The summed E-state index contributed by atoms with van der Waals surface area (Å²) in [6.45, 7) is 25.0. The van der Waals surface area contributed by atoms with E-state index >= 15 is 0 Å². The van der Waals surface area contributed by atoms with E-state index in [2.05, 4.69) is 83.2 Å². The third-order valence-corrected chi connectivity index (χ3v) is 135. The van der Waals surface area contributed by atoms with Crippen LogP contribution in [0.25, 0.3) is 0 Å². The van der Waals surface area contributed by atoms with Gasteiger partial charge in [0.05, 0.1) is 14.2 Å². The van der Waals surface area contributed by atoms with Crippen LogP contribution in [0.3, 0.4) is 0 Å². The summed E-state index contributed by atoms with van der Waals surface area (Å²) in [5.41, 5.74) is 0. The lowest BCUT2D eigenvalue weighted by molar-refractivity contribution is 0.415. The maximum Gasteiger partial charge on any atom is 0.118 e. The fourth-order valence-corrected chi connectivity index (χ4v) is 207. The maximum atomic E-state index is 5.41. The van der Waals surface area contributed by atoms with Gasteiger partial charge < -0.3 is 4.74 Å². The normalized spacial score (nSPS) is 26.6. The Balaban J connectivity index is 2.74. The summed E-state index contributed by atoms with van der Waals surface area (Å²) in [6, 6.07) is 9.30. The van der Waals surface area contributed by atoms with E-state index in [4.69, 9.17) is 4.74 Å². The summed E-state index contributed by atoms with van der Waals surface area (Å²) in [7, 11) is -4.21. The Morgan fingerprint density at radius 3 is 1.27 bits per heavy atom. The first-order valence-electron chi connectivity index (χ1n) is 8.43. The van der Waals surface area contributed by atoms with Crippen LogP contribution in [0.4, 0.5) is 0 Å². The van der Waals surface area contributed by atoms with Crippen LogP contribution in [0.2, 0.25) is 58.9 Å². The van der Waals surface area contributed by atoms with Crippen LogP contribution in [0, 0.1) is 0 Å². The minimum Gasteiger partial charge on any atom is -0.497 e. The second kappa shape index (κ2) is 5.05. The van der Waals surface area contributed by atoms with E-state index < -0.39 is 35.5 Å². The lowest BCUT2D eigenvalue weighted by atomic mass is 10.3. The van der Waals surface area contributed by atoms with Crippen molar-refractivity contribution >= 4 is 40.7 Å². The first kappa shape index (κ1) is 18.4. The topological polar surface area (TPSA) is 9.23 Å². The molecule has 1 heterocycles. The van der Waals surface area contributed by atoms with Crippen molar-refractivity contribution in [3.05, 3.63) is 24.3 Å². The quantitative estimate of drug-likeness (QED) is 0.696. The zero-order chi connectivity index (χ0) is 17.2. The van der Waals surface area contributed by atoms with Crippen LogP contribution < -0.4 is 9.92 Å². The Labute approximate surface area is 141 Å². The SMILES string of the molecule is COc1ccc([Si]2(C)[Si](C)(C)[Si](C)(C)[Si](C)(C)[Si]2(C)C)cc1. The summed E-state index contributed by atoms with van der Waals surface area (Å²) in [5, 5.41) is 1.75. The highest BCUT2D eigenvalue weighted by molar-refractivity contribution is 8.14. The zero-order valence-corrected chi connectivity index (χ0v) is 21.2. The number of hydrogen-bond acceptors (Lipinski definition) is 1. The first-order chi connectivity index (χ1) is 9.79. The molecule has 0 saturated carbocycles. The Hall–Kier alpha value is 0.104. The molecule has 0 atom stereocenters. The molecule has 1 aliphatic heterocycles. The fourth-order valence-electron chi connectivity index (χ4n) is 5.24. The van der Waals surface area contributed by atoms with Gasteiger partial charge in [0.15, 0.2) is 0 Å². The second-order valence-electron chi connectivity index (χ2n) is 9.35. The van der Waals surface area contributed by atoms with E-state index in [0.717, 1.165) is 5.75 Å². The lowest BCUT2D eigenvalue weighted by Crippen LogP contribution is -2.77. The van der Waals surface area contributed by atoms with Gasteiger partial charge in [0, 0.05) is 28.4 Å². The molecule has 1 saturated heterocycles.